The number of nitrogens with one attached hydrogen (secondary N) is 2. The van der Waals surface area contributed by atoms with E-state index in [2.05, 4.69) is 15.5 Å². The molecule has 0 aromatic heterocycles. The molecule has 0 aliphatic carbocycles. The van der Waals surface area contributed by atoms with Crippen LogP contribution in [-0.4, -0.2) is 36.3 Å². The average Bonchev–Trinajstić information content (AvgIpc) is 2.69. The summed E-state index contributed by atoms with van der Waals surface area (Å²) in [7, 11) is 0. The summed E-state index contributed by atoms with van der Waals surface area (Å²) in [5.74, 6) is -0.208. The maximum Gasteiger partial charge on any atom is 0.246 e. The first-order valence-corrected chi connectivity index (χ1v) is 9.63. The molecule has 1 heterocycles. The summed E-state index contributed by atoms with van der Waals surface area (Å²) in [5, 5.41) is 5.80. The minimum absolute atomic E-state index is 0.0363. The lowest BCUT2D eigenvalue weighted by Gasteiger charge is -2.37. The highest BCUT2D eigenvalue weighted by molar-refractivity contribution is 5.95. The van der Waals surface area contributed by atoms with Crippen LogP contribution in [0.4, 0.5) is 10.1 Å². The standard InChI is InChI=1S/C22H26FN3O2/c1-16(27)24-14-17-6-5-13-26(15-17)21(18-7-3-2-4-8-18)22(28)25-20-11-9-19(23)10-12-20/h2-4,7-12,17,21H,5-6,13-15H2,1H3,(H,24,27)(H,25,28)/t17-,21+/m1/s1. The van der Waals surface area contributed by atoms with Crippen molar-refractivity contribution in [1.29, 1.82) is 0 Å². The maximum absolute atomic E-state index is 13.2. The molecule has 2 amide bonds. The van der Waals surface area contributed by atoms with Crippen molar-refractivity contribution in [2.24, 2.45) is 5.92 Å². The molecule has 6 heteroatoms. The Morgan fingerprint density at radius 1 is 1.14 bits per heavy atom. The van der Waals surface area contributed by atoms with E-state index in [-0.39, 0.29) is 17.6 Å². The van der Waals surface area contributed by atoms with Gasteiger partial charge in [-0.1, -0.05) is 30.3 Å². The van der Waals surface area contributed by atoms with E-state index in [0.717, 1.165) is 31.5 Å². The monoisotopic (exact) mass is 383 g/mol. The molecule has 1 saturated heterocycles. The molecular formula is C22H26FN3O2. The molecule has 148 valence electrons. The molecule has 0 unspecified atom stereocenters. The second kappa shape index (κ2) is 9.46. The zero-order chi connectivity index (χ0) is 19.9. The van der Waals surface area contributed by atoms with Crippen LogP contribution >= 0.6 is 0 Å². The lowest BCUT2D eigenvalue weighted by atomic mass is 9.94. The third-order valence-electron chi connectivity index (χ3n) is 5.03. The second-order valence-electron chi connectivity index (χ2n) is 7.25. The van der Waals surface area contributed by atoms with Crippen LogP contribution in [0.2, 0.25) is 0 Å². The number of halogens is 1. The number of piperidine rings is 1. The molecule has 1 fully saturated rings. The van der Waals surface area contributed by atoms with Gasteiger partial charge in [0, 0.05) is 25.7 Å². The lowest BCUT2D eigenvalue weighted by molar-refractivity contribution is -0.123. The highest BCUT2D eigenvalue weighted by Gasteiger charge is 2.31. The van der Waals surface area contributed by atoms with Crippen LogP contribution in [0.25, 0.3) is 0 Å². The van der Waals surface area contributed by atoms with E-state index in [1.165, 1.54) is 19.1 Å². The van der Waals surface area contributed by atoms with E-state index in [1.807, 2.05) is 30.3 Å². The van der Waals surface area contributed by atoms with Crippen LogP contribution in [0.5, 0.6) is 0 Å². The molecule has 5 nitrogen and oxygen atoms in total. The summed E-state index contributed by atoms with van der Waals surface area (Å²) in [6.45, 7) is 3.68. The van der Waals surface area contributed by atoms with Crippen molar-refractivity contribution in [3.05, 3.63) is 66.0 Å². The van der Waals surface area contributed by atoms with Crippen LogP contribution in [0.15, 0.2) is 54.6 Å². The van der Waals surface area contributed by atoms with Crippen molar-refractivity contribution in [3.63, 3.8) is 0 Å². The molecule has 2 N–H and O–H groups in total. The first-order chi connectivity index (χ1) is 13.5. The Hall–Kier alpha value is -2.73. The first kappa shape index (κ1) is 20.0. The second-order valence-corrected chi connectivity index (χ2v) is 7.25. The van der Waals surface area contributed by atoms with Crippen LogP contribution in [0.1, 0.15) is 31.4 Å². The highest BCUT2D eigenvalue weighted by Crippen LogP contribution is 2.28. The van der Waals surface area contributed by atoms with E-state index in [9.17, 15) is 14.0 Å². The molecule has 0 bridgehead atoms. The van der Waals surface area contributed by atoms with Gasteiger partial charge in [-0.2, -0.15) is 0 Å². The predicted octanol–water partition coefficient (Wildman–Crippen LogP) is 3.35. The number of anilines is 1. The van der Waals surface area contributed by atoms with E-state index in [1.54, 1.807) is 12.1 Å². The number of carbonyl (C=O) groups excluding carboxylic acids is 2. The Labute approximate surface area is 164 Å². The largest absolute Gasteiger partial charge is 0.356 e. The fourth-order valence-electron chi connectivity index (χ4n) is 3.69. The minimum atomic E-state index is -0.439. The first-order valence-electron chi connectivity index (χ1n) is 9.63. The van der Waals surface area contributed by atoms with Crippen LogP contribution < -0.4 is 10.6 Å². The van der Waals surface area contributed by atoms with Gasteiger partial charge in [0.05, 0.1) is 0 Å². The van der Waals surface area contributed by atoms with Crippen molar-refractivity contribution in [1.82, 2.24) is 10.2 Å². The van der Waals surface area contributed by atoms with E-state index in [0.29, 0.717) is 18.2 Å². The number of rotatable bonds is 6. The molecule has 0 spiro atoms. The van der Waals surface area contributed by atoms with Gasteiger partial charge in [0.1, 0.15) is 11.9 Å². The highest BCUT2D eigenvalue weighted by atomic mass is 19.1. The Morgan fingerprint density at radius 2 is 1.86 bits per heavy atom. The zero-order valence-corrected chi connectivity index (χ0v) is 16.0. The molecular weight excluding hydrogens is 357 g/mol. The number of hydrogen-bond donors (Lipinski definition) is 2. The smallest absolute Gasteiger partial charge is 0.246 e. The van der Waals surface area contributed by atoms with Gasteiger partial charge in [-0.25, -0.2) is 4.39 Å². The summed E-state index contributed by atoms with van der Waals surface area (Å²) in [4.78, 5) is 26.6. The Balaban J connectivity index is 1.77. The molecule has 2 aromatic carbocycles. The van der Waals surface area contributed by atoms with Crippen LogP contribution in [0, 0.1) is 11.7 Å². The number of carbonyl (C=O) groups is 2. The number of amides is 2. The normalized spacial score (nSPS) is 18.3. The summed E-state index contributed by atoms with van der Waals surface area (Å²) in [6, 6.07) is 15.0. The van der Waals surface area contributed by atoms with Gasteiger partial charge >= 0.3 is 0 Å². The minimum Gasteiger partial charge on any atom is -0.356 e. The van der Waals surface area contributed by atoms with E-state index in [4.69, 9.17) is 0 Å². The number of benzene rings is 2. The predicted molar refractivity (Wildman–Crippen MR) is 107 cm³/mol. The average molecular weight is 383 g/mol. The lowest BCUT2D eigenvalue weighted by Crippen LogP contribution is -2.45. The Morgan fingerprint density at radius 3 is 2.54 bits per heavy atom. The molecule has 2 aromatic rings. The summed E-state index contributed by atoms with van der Waals surface area (Å²) < 4.78 is 13.2. The number of likely N-dealkylation sites (tertiary alicyclic amines) is 1. The van der Waals surface area contributed by atoms with Crippen LogP contribution in [-0.2, 0) is 9.59 Å². The van der Waals surface area contributed by atoms with Gasteiger partial charge in [0.25, 0.3) is 0 Å². The number of hydrogen-bond acceptors (Lipinski definition) is 3. The van der Waals surface area contributed by atoms with Crippen molar-refractivity contribution in [3.8, 4) is 0 Å². The SMILES string of the molecule is CC(=O)NC[C@H]1CCCN([C@H](C(=O)Nc2ccc(F)cc2)c2ccccc2)C1. The van der Waals surface area contributed by atoms with Gasteiger partial charge in [-0.05, 0) is 55.1 Å². The summed E-state index contributed by atoms with van der Waals surface area (Å²) >= 11 is 0. The molecule has 0 saturated carbocycles. The fourth-order valence-corrected chi connectivity index (χ4v) is 3.69. The topological polar surface area (TPSA) is 61.4 Å². The Kier molecular flexibility index (Phi) is 6.76. The van der Waals surface area contributed by atoms with Gasteiger partial charge in [0.2, 0.25) is 11.8 Å². The van der Waals surface area contributed by atoms with Crippen LogP contribution in [0.3, 0.4) is 0 Å². The third kappa shape index (κ3) is 5.39. The quantitative estimate of drug-likeness (QED) is 0.804. The van der Waals surface area contributed by atoms with Gasteiger partial charge in [0.15, 0.2) is 0 Å². The fraction of sp³-hybridized carbons (Fsp3) is 0.364. The zero-order valence-electron chi connectivity index (χ0n) is 16.0. The van der Waals surface area contributed by atoms with Gasteiger partial charge < -0.3 is 10.6 Å². The summed E-state index contributed by atoms with van der Waals surface area (Å²) in [6.07, 6.45) is 2.00. The molecule has 28 heavy (non-hydrogen) atoms. The Bertz CT molecular complexity index is 795. The third-order valence-corrected chi connectivity index (χ3v) is 5.03. The van der Waals surface area contributed by atoms with Gasteiger partial charge in [-0.3, -0.25) is 14.5 Å². The summed E-state index contributed by atoms with van der Waals surface area (Å²) in [5.41, 5.74) is 1.49. The van der Waals surface area contributed by atoms with Crippen molar-refractivity contribution in [2.75, 3.05) is 25.0 Å². The van der Waals surface area contributed by atoms with Crippen molar-refractivity contribution in [2.45, 2.75) is 25.8 Å². The molecule has 2 atom stereocenters. The maximum atomic E-state index is 13.2. The van der Waals surface area contributed by atoms with Crippen molar-refractivity contribution < 1.29 is 14.0 Å². The van der Waals surface area contributed by atoms with Crippen molar-refractivity contribution >= 4 is 17.5 Å². The molecule has 1 aliphatic heterocycles. The molecule has 1 aliphatic rings. The van der Waals surface area contributed by atoms with Gasteiger partial charge in [-0.15, -0.1) is 0 Å². The molecule has 3 rings (SSSR count). The number of nitrogens with zero attached hydrogens (tertiary/aromatic N) is 1. The van der Waals surface area contributed by atoms with E-state index < -0.39 is 6.04 Å². The van der Waals surface area contributed by atoms with E-state index >= 15 is 0 Å². The molecule has 0 radical (unpaired) electrons.